The molecule has 1 aromatic rings. The number of benzene rings is 1. The highest BCUT2D eigenvalue weighted by Crippen LogP contribution is 2.46. The van der Waals surface area contributed by atoms with Gasteiger partial charge in [-0.05, 0) is 49.3 Å². The van der Waals surface area contributed by atoms with Crippen molar-refractivity contribution in [3.63, 3.8) is 0 Å². The molecule has 2 bridgehead atoms. The molecule has 25 heavy (non-hydrogen) atoms. The molecule has 3 atom stereocenters. The van der Waals surface area contributed by atoms with Gasteiger partial charge in [0.15, 0.2) is 11.5 Å². The highest BCUT2D eigenvalue weighted by Gasteiger charge is 2.42. The maximum Gasteiger partial charge on any atom is 0.254 e. The Balaban J connectivity index is 1.38. The Morgan fingerprint density at radius 2 is 1.76 bits per heavy atom. The Hall–Kier alpha value is -1.75. The van der Waals surface area contributed by atoms with Crippen LogP contribution in [0.1, 0.15) is 36.0 Å². The minimum Gasteiger partial charge on any atom is -0.493 e. The first kappa shape index (κ1) is 16.7. The molecule has 0 spiro atoms. The third kappa shape index (κ3) is 3.10. The van der Waals surface area contributed by atoms with Gasteiger partial charge < -0.3 is 14.4 Å². The normalized spacial score (nSPS) is 29.0. The van der Waals surface area contributed by atoms with Gasteiger partial charge in [-0.3, -0.25) is 9.69 Å². The smallest absolute Gasteiger partial charge is 0.254 e. The lowest BCUT2D eigenvalue weighted by Crippen LogP contribution is -2.53. The summed E-state index contributed by atoms with van der Waals surface area (Å²) in [6.07, 6.45) is 5.68. The summed E-state index contributed by atoms with van der Waals surface area (Å²) in [6.45, 7) is 3.65. The minimum atomic E-state index is 0.0912. The van der Waals surface area contributed by atoms with Gasteiger partial charge in [0.2, 0.25) is 0 Å². The molecule has 5 nitrogen and oxygen atoms in total. The fraction of sp³-hybridized carbons (Fsp3) is 0.650. The second-order valence-electron chi connectivity index (χ2n) is 7.64. The molecule has 1 aliphatic heterocycles. The third-order valence-corrected chi connectivity index (χ3v) is 6.40. The molecule has 1 aromatic carbocycles. The van der Waals surface area contributed by atoms with Gasteiger partial charge in [-0.25, -0.2) is 0 Å². The van der Waals surface area contributed by atoms with Crippen molar-refractivity contribution in [1.29, 1.82) is 0 Å². The molecule has 2 saturated carbocycles. The van der Waals surface area contributed by atoms with Gasteiger partial charge in [0, 0.05) is 37.8 Å². The molecule has 136 valence electrons. The second kappa shape index (κ2) is 6.87. The van der Waals surface area contributed by atoms with Gasteiger partial charge in [0.25, 0.3) is 5.91 Å². The van der Waals surface area contributed by atoms with Crippen molar-refractivity contribution in [2.24, 2.45) is 11.8 Å². The first-order chi connectivity index (χ1) is 12.2. The maximum atomic E-state index is 12.8. The number of piperazine rings is 1. The van der Waals surface area contributed by atoms with Crippen LogP contribution >= 0.6 is 0 Å². The standard InChI is InChI=1S/C20H28N2O3/c1-24-18-6-5-16(13-19(18)25-2)20(23)22-9-7-21(8-10-22)17-12-14-3-4-15(17)11-14/h5-6,13-15,17H,3-4,7-12H2,1-2H3/t14-,15-,17+/m0/s1. The van der Waals surface area contributed by atoms with Crippen molar-refractivity contribution >= 4 is 5.91 Å². The number of nitrogens with zero attached hydrogens (tertiary/aromatic N) is 2. The Bertz CT molecular complexity index is 640. The first-order valence-electron chi connectivity index (χ1n) is 9.45. The third-order valence-electron chi connectivity index (χ3n) is 6.40. The average molecular weight is 344 g/mol. The molecule has 4 rings (SSSR count). The van der Waals surface area contributed by atoms with Crippen LogP contribution in [0.4, 0.5) is 0 Å². The quantitative estimate of drug-likeness (QED) is 0.842. The largest absolute Gasteiger partial charge is 0.493 e. The lowest BCUT2D eigenvalue weighted by molar-refractivity contribution is 0.0495. The molecule has 0 unspecified atom stereocenters. The fourth-order valence-electron chi connectivity index (χ4n) is 5.07. The number of carbonyl (C=O) groups excluding carboxylic acids is 1. The summed E-state index contributed by atoms with van der Waals surface area (Å²) in [5, 5.41) is 0. The van der Waals surface area contributed by atoms with Crippen LogP contribution in [-0.2, 0) is 0 Å². The zero-order valence-corrected chi connectivity index (χ0v) is 15.2. The zero-order chi connectivity index (χ0) is 17.4. The summed E-state index contributed by atoms with van der Waals surface area (Å²) in [4.78, 5) is 17.5. The summed E-state index contributed by atoms with van der Waals surface area (Å²) >= 11 is 0. The number of carbonyl (C=O) groups is 1. The van der Waals surface area contributed by atoms with E-state index < -0.39 is 0 Å². The van der Waals surface area contributed by atoms with E-state index in [0.717, 1.165) is 44.1 Å². The second-order valence-corrected chi connectivity index (χ2v) is 7.64. The number of fused-ring (bicyclic) bond motifs is 2. The molecular formula is C20H28N2O3. The highest BCUT2D eigenvalue weighted by molar-refractivity contribution is 5.95. The van der Waals surface area contributed by atoms with Crippen molar-refractivity contribution in [2.75, 3.05) is 40.4 Å². The summed E-state index contributed by atoms with van der Waals surface area (Å²) < 4.78 is 10.6. The molecule has 0 radical (unpaired) electrons. The molecule has 3 aliphatic rings. The van der Waals surface area contributed by atoms with Gasteiger partial charge >= 0.3 is 0 Å². The number of hydrogen-bond donors (Lipinski definition) is 0. The molecule has 3 fully saturated rings. The van der Waals surface area contributed by atoms with Crippen LogP contribution in [0.15, 0.2) is 18.2 Å². The van der Waals surface area contributed by atoms with Gasteiger partial charge in [-0.15, -0.1) is 0 Å². The van der Waals surface area contributed by atoms with Gasteiger partial charge in [-0.1, -0.05) is 6.42 Å². The predicted molar refractivity (Wildman–Crippen MR) is 96.3 cm³/mol. The van der Waals surface area contributed by atoms with E-state index in [1.807, 2.05) is 11.0 Å². The van der Waals surface area contributed by atoms with Crippen molar-refractivity contribution in [2.45, 2.75) is 31.7 Å². The van der Waals surface area contributed by atoms with Gasteiger partial charge in [-0.2, -0.15) is 0 Å². The zero-order valence-electron chi connectivity index (χ0n) is 15.2. The van der Waals surface area contributed by atoms with Crippen LogP contribution in [0.25, 0.3) is 0 Å². The van der Waals surface area contributed by atoms with E-state index in [1.54, 1.807) is 26.4 Å². The molecule has 1 amide bonds. The summed E-state index contributed by atoms with van der Waals surface area (Å²) in [7, 11) is 3.20. The minimum absolute atomic E-state index is 0.0912. The van der Waals surface area contributed by atoms with Crippen molar-refractivity contribution in [1.82, 2.24) is 9.80 Å². The van der Waals surface area contributed by atoms with Crippen molar-refractivity contribution in [3.8, 4) is 11.5 Å². The van der Waals surface area contributed by atoms with E-state index in [2.05, 4.69) is 4.90 Å². The Morgan fingerprint density at radius 1 is 1.00 bits per heavy atom. The lowest BCUT2D eigenvalue weighted by atomic mass is 9.93. The molecular weight excluding hydrogens is 316 g/mol. The van der Waals surface area contributed by atoms with E-state index in [-0.39, 0.29) is 5.91 Å². The Kier molecular flexibility index (Phi) is 4.59. The van der Waals surface area contributed by atoms with Gasteiger partial charge in [0.1, 0.15) is 0 Å². The summed E-state index contributed by atoms with van der Waals surface area (Å²) in [5.41, 5.74) is 0.672. The first-order valence-corrected chi connectivity index (χ1v) is 9.45. The number of rotatable bonds is 4. The van der Waals surface area contributed by atoms with E-state index >= 15 is 0 Å². The maximum absolute atomic E-state index is 12.8. The van der Waals surface area contributed by atoms with Crippen LogP contribution in [0.2, 0.25) is 0 Å². The summed E-state index contributed by atoms with van der Waals surface area (Å²) in [6, 6.07) is 6.18. The molecule has 1 heterocycles. The predicted octanol–water partition coefficient (Wildman–Crippen LogP) is 2.65. The average Bonchev–Trinajstić information content (AvgIpc) is 3.30. The van der Waals surface area contributed by atoms with Crippen LogP contribution in [0.5, 0.6) is 11.5 Å². The molecule has 5 heteroatoms. The number of ether oxygens (including phenoxy) is 2. The Labute approximate surface area is 149 Å². The van der Waals surface area contributed by atoms with E-state index in [1.165, 1.54) is 25.7 Å². The molecule has 0 N–H and O–H groups in total. The topological polar surface area (TPSA) is 42.0 Å². The van der Waals surface area contributed by atoms with E-state index in [4.69, 9.17) is 9.47 Å². The van der Waals surface area contributed by atoms with Crippen molar-refractivity contribution in [3.05, 3.63) is 23.8 Å². The lowest BCUT2D eigenvalue weighted by Gasteiger charge is -2.41. The van der Waals surface area contributed by atoms with E-state index in [9.17, 15) is 4.79 Å². The van der Waals surface area contributed by atoms with Crippen LogP contribution < -0.4 is 9.47 Å². The highest BCUT2D eigenvalue weighted by atomic mass is 16.5. The SMILES string of the molecule is COc1ccc(C(=O)N2CCN([C@@H]3C[C@H]4CC[C@H]3C4)CC2)cc1OC. The molecule has 2 aliphatic carbocycles. The number of amides is 1. The molecule has 0 aromatic heterocycles. The number of hydrogen-bond acceptors (Lipinski definition) is 4. The van der Waals surface area contributed by atoms with Crippen LogP contribution in [0, 0.1) is 11.8 Å². The Morgan fingerprint density at radius 3 is 2.36 bits per heavy atom. The van der Waals surface area contributed by atoms with Crippen molar-refractivity contribution < 1.29 is 14.3 Å². The van der Waals surface area contributed by atoms with Crippen LogP contribution in [0.3, 0.4) is 0 Å². The van der Waals surface area contributed by atoms with E-state index in [0.29, 0.717) is 17.1 Å². The number of methoxy groups -OCH3 is 2. The fourth-order valence-corrected chi connectivity index (χ4v) is 5.07. The molecule has 1 saturated heterocycles. The van der Waals surface area contributed by atoms with Crippen LogP contribution in [-0.4, -0.2) is 62.1 Å². The summed E-state index contributed by atoms with van der Waals surface area (Å²) in [5.74, 6) is 3.24. The monoisotopic (exact) mass is 344 g/mol. The van der Waals surface area contributed by atoms with Gasteiger partial charge in [0.05, 0.1) is 14.2 Å².